The van der Waals surface area contributed by atoms with Gasteiger partial charge in [0.15, 0.2) is 0 Å². The van der Waals surface area contributed by atoms with Crippen molar-refractivity contribution in [1.29, 1.82) is 0 Å². The molecule has 0 radical (unpaired) electrons. The molecule has 0 aromatic rings. The quantitative estimate of drug-likeness (QED) is 0.556. The van der Waals surface area contributed by atoms with Gasteiger partial charge in [-0.2, -0.15) is 0 Å². The molecule has 0 bridgehead atoms. The molecule has 1 saturated carbocycles. The Bertz CT molecular complexity index is 210. The second-order valence-corrected chi connectivity index (χ2v) is 6.10. The fourth-order valence-electron chi connectivity index (χ4n) is 3.14. The van der Waals surface area contributed by atoms with Crippen molar-refractivity contribution in [3.05, 3.63) is 0 Å². The maximum Gasteiger partial charge on any atom is 0.0488 e. The molecule has 5 unspecified atom stereocenters. The Labute approximate surface area is 106 Å². The van der Waals surface area contributed by atoms with E-state index in [0.29, 0.717) is 12.0 Å². The zero-order valence-corrected chi connectivity index (χ0v) is 11.9. The number of nitrogens with one attached hydrogen (secondary N) is 1. The van der Waals surface area contributed by atoms with Gasteiger partial charge in [0.2, 0.25) is 0 Å². The molecule has 0 amide bonds. The summed E-state index contributed by atoms with van der Waals surface area (Å²) < 4.78 is 5.21. The van der Waals surface area contributed by atoms with Crippen molar-refractivity contribution in [3.8, 4) is 0 Å². The van der Waals surface area contributed by atoms with E-state index < -0.39 is 0 Å². The second-order valence-electron chi connectivity index (χ2n) is 6.10. The Kier molecular flexibility index (Phi) is 6.45. The monoisotopic (exact) mass is 242 g/mol. The molecule has 1 rings (SSSR count). The molecule has 3 nitrogen and oxygen atoms in total. The van der Waals surface area contributed by atoms with Crippen LogP contribution in [0.2, 0.25) is 0 Å². The lowest BCUT2D eigenvalue weighted by molar-refractivity contribution is 0.122. The van der Waals surface area contributed by atoms with Gasteiger partial charge in [0.25, 0.3) is 0 Å². The van der Waals surface area contributed by atoms with Crippen LogP contribution in [0.5, 0.6) is 0 Å². The van der Waals surface area contributed by atoms with Crippen molar-refractivity contribution in [2.75, 3.05) is 13.7 Å². The zero-order chi connectivity index (χ0) is 12.8. The number of methoxy groups -OCH3 is 1. The average molecular weight is 242 g/mol. The van der Waals surface area contributed by atoms with E-state index in [2.05, 4.69) is 26.2 Å². The van der Waals surface area contributed by atoms with Gasteiger partial charge in [0.05, 0.1) is 0 Å². The number of hydrazine groups is 1. The van der Waals surface area contributed by atoms with Crippen molar-refractivity contribution in [2.45, 2.75) is 52.5 Å². The lowest BCUT2D eigenvalue weighted by Gasteiger charge is -2.37. The fourth-order valence-corrected chi connectivity index (χ4v) is 3.14. The molecule has 102 valence electrons. The van der Waals surface area contributed by atoms with Gasteiger partial charge >= 0.3 is 0 Å². The third kappa shape index (κ3) is 4.57. The number of hydrogen-bond donors (Lipinski definition) is 2. The summed E-state index contributed by atoms with van der Waals surface area (Å²) in [4.78, 5) is 0. The fraction of sp³-hybridized carbons (Fsp3) is 1.00. The summed E-state index contributed by atoms with van der Waals surface area (Å²) in [5.74, 6) is 8.77. The Morgan fingerprint density at radius 3 is 2.53 bits per heavy atom. The molecular formula is C14H30N2O. The zero-order valence-electron chi connectivity index (χ0n) is 11.9. The molecule has 5 atom stereocenters. The van der Waals surface area contributed by atoms with E-state index in [-0.39, 0.29) is 0 Å². The highest BCUT2D eigenvalue weighted by molar-refractivity contribution is 4.83. The van der Waals surface area contributed by atoms with Crippen molar-refractivity contribution < 1.29 is 4.74 Å². The minimum atomic E-state index is 0.454. The van der Waals surface area contributed by atoms with Crippen LogP contribution in [0.15, 0.2) is 0 Å². The molecule has 17 heavy (non-hydrogen) atoms. The third-order valence-corrected chi connectivity index (χ3v) is 4.53. The summed E-state index contributed by atoms with van der Waals surface area (Å²) in [5, 5.41) is 0. The van der Waals surface area contributed by atoms with Crippen molar-refractivity contribution in [3.63, 3.8) is 0 Å². The molecular weight excluding hydrogens is 212 g/mol. The van der Waals surface area contributed by atoms with E-state index in [1.165, 1.54) is 19.3 Å². The summed E-state index contributed by atoms with van der Waals surface area (Å²) >= 11 is 0. The van der Waals surface area contributed by atoms with Crippen LogP contribution in [0, 0.1) is 23.7 Å². The van der Waals surface area contributed by atoms with E-state index in [0.717, 1.165) is 30.8 Å². The molecule has 1 aliphatic carbocycles. The Morgan fingerprint density at radius 1 is 1.29 bits per heavy atom. The van der Waals surface area contributed by atoms with Crippen LogP contribution >= 0.6 is 0 Å². The van der Waals surface area contributed by atoms with Gasteiger partial charge in [-0.25, -0.2) is 0 Å². The highest BCUT2D eigenvalue weighted by atomic mass is 16.5. The molecule has 0 saturated heterocycles. The third-order valence-electron chi connectivity index (χ3n) is 4.53. The number of rotatable bonds is 6. The average Bonchev–Trinajstić information content (AvgIpc) is 2.30. The number of ether oxygens (including phenoxy) is 1. The van der Waals surface area contributed by atoms with Gasteiger partial charge < -0.3 is 4.74 Å². The lowest BCUT2D eigenvalue weighted by atomic mass is 9.72. The molecule has 1 fully saturated rings. The summed E-state index contributed by atoms with van der Waals surface area (Å²) in [7, 11) is 1.77. The van der Waals surface area contributed by atoms with Gasteiger partial charge in [-0.15, -0.1) is 0 Å². The van der Waals surface area contributed by atoms with Crippen LogP contribution in [0.1, 0.15) is 46.5 Å². The van der Waals surface area contributed by atoms with Gasteiger partial charge in [0, 0.05) is 19.8 Å². The minimum Gasteiger partial charge on any atom is -0.384 e. The van der Waals surface area contributed by atoms with E-state index in [4.69, 9.17) is 10.6 Å². The van der Waals surface area contributed by atoms with E-state index in [1.54, 1.807) is 7.11 Å². The van der Waals surface area contributed by atoms with E-state index in [9.17, 15) is 0 Å². The van der Waals surface area contributed by atoms with Crippen LogP contribution in [0.4, 0.5) is 0 Å². The largest absolute Gasteiger partial charge is 0.384 e. The predicted molar refractivity (Wildman–Crippen MR) is 72.4 cm³/mol. The SMILES string of the molecule is COCC(C)CC(NN)C1CCC(C)C(C)C1. The standard InChI is InChI=1S/C14H30N2O/c1-10(9-17-4)7-14(16-15)13-6-5-11(2)12(3)8-13/h10-14,16H,5-9,15H2,1-4H3. The topological polar surface area (TPSA) is 47.3 Å². The number of hydrogen-bond acceptors (Lipinski definition) is 3. The maximum absolute atomic E-state index is 5.74. The molecule has 3 N–H and O–H groups in total. The number of nitrogens with two attached hydrogens (primary N) is 1. The van der Waals surface area contributed by atoms with Crippen molar-refractivity contribution >= 4 is 0 Å². The van der Waals surface area contributed by atoms with Crippen LogP contribution in [-0.4, -0.2) is 19.8 Å². The lowest BCUT2D eigenvalue weighted by Crippen LogP contribution is -2.44. The van der Waals surface area contributed by atoms with Gasteiger partial charge in [-0.3, -0.25) is 11.3 Å². The Morgan fingerprint density at radius 2 is 2.00 bits per heavy atom. The molecule has 3 heteroatoms. The molecule has 1 aliphatic rings. The minimum absolute atomic E-state index is 0.454. The molecule has 0 aliphatic heterocycles. The van der Waals surface area contributed by atoms with Gasteiger partial charge in [-0.05, 0) is 42.9 Å². The van der Waals surface area contributed by atoms with Crippen LogP contribution in [0.25, 0.3) is 0 Å². The summed E-state index contributed by atoms with van der Waals surface area (Å²) in [6.07, 6.45) is 5.11. The maximum atomic E-state index is 5.74. The van der Waals surface area contributed by atoms with Gasteiger partial charge in [-0.1, -0.05) is 27.2 Å². The molecule has 0 heterocycles. The van der Waals surface area contributed by atoms with E-state index in [1.807, 2.05) is 0 Å². The summed E-state index contributed by atoms with van der Waals surface area (Å²) in [6.45, 7) is 7.82. The highest BCUT2D eigenvalue weighted by Gasteiger charge is 2.30. The molecule has 0 spiro atoms. The first-order valence-electron chi connectivity index (χ1n) is 7.03. The highest BCUT2D eigenvalue weighted by Crippen LogP contribution is 2.36. The smallest absolute Gasteiger partial charge is 0.0488 e. The molecule has 0 aromatic carbocycles. The first-order valence-corrected chi connectivity index (χ1v) is 7.03. The van der Waals surface area contributed by atoms with Crippen LogP contribution < -0.4 is 11.3 Å². The molecule has 0 aromatic heterocycles. The normalized spacial score (nSPS) is 33.4. The summed E-state index contributed by atoms with van der Waals surface area (Å²) in [5.41, 5.74) is 3.04. The van der Waals surface area contributed by atoms with Crippen LogP contribution in [-0.2, 0) is 4.74 Å². The first-order chi connectivity index (χ1) is 8.08. The predicted octanol–water partition coefficient (Wildman–Crippen LogP) is 2.56. The summed E-state index contributed by atoms with van der Waals surface area (Å²) in [6, 6.07) is 0.454. The van der Waals surface area contributed by atoms with Crippen molar-refractivity contribution in [2.24, 2.45) is 29.5 Å². The van der Waals surface area contributed by atoms with Crippen LogP contribution in [0.3, 0.4) is 0 Å². The first kappa shape index (κ1) is 14.9. The second kappa shape index (κ2) is 7.34. The van der Waals surface area contributed by atoms with Crippen molar-refractivity contribution in [1.82, 2.24) is 5.43 Å². The Balaban J connectivity index is 2.44. The Hall–Kier alpha value is -0.120. The van der Waals surface area contributed by atoms with Gasteiger partial charge in [0.1, 0.15) is 0 Å². The van der Waals surface area contributed by atoms with E-state index >= 15 is 0 Å².